The van der Waals surface area contributed by atoms with E-state index in [4.69, 9.17) is 9.47 Å². The predicted molar refractivity (Wildman–Crippen MR) is 127 cm³/mol. The summed E-state index contributed by atoms with van der Waals surface area (Å²) in [4.78, 5) is 27.7. The highest BCUT2D eigenvalue weighted by Crippen LogP contribution is 2.28. The van der Waals surface area contributed by atoms with Crippen LogP contribution in [0.5, 0.6) is 11.5 Å². The minimum atomic E-state index is -0.563. The summed E-state index contributed by atoms with van der Waals surface area (Å²) in [5, 5.41) is 2.95. The molecule has 0 aromatic heterocycles. The van der Waals surface area contributed by atoms with Crippen LogP contribution in [0.4, 0.5) is 0 Å². The Labute approximate surface area is 191 Å². The monoisotopic (exact) mass is 440 g/mol. The van der Waals surface area contributed by atoms with Gasteiger partial charge in [0.2, 0.25) is 11.8 Å². The molecule has 6 heteroatoms. The van der Waals surface area contributed by atoms with Gasteiger partial charge in [0.1, 0.15) is 6.04 Å². The molecule has 1 N–H and O–H groups in total. The van der Waals surface area contributed by atoms with Gasteiger partial charge >= 0.3 is 0 Å². The largest absolute Gasteiger partial charge is 0.493 e. The molecule has 2 aromatic rings. The summed E-state index contributed by atoms with van der Waals surface area (Å²) in [6.07, 6.45) is 0.840. The number of nitrogens with one attached hydrogen (secondary N) is 1. The molecular weight excluding hydrogens is 404 g/mol. The molecule has 1 atom stereocenters. The molecule has 0 bridgehead atoms. The standard InChI is InChI=1S/C26H36N2O4/c1-18(2)16-27-26(30)20(4)28(17-22-9-7-8-19(3)14-22)25(29)13-11-21-10-12-23(31-5)24(15-21)32-6/h7-10,12,14-15,18,20H,11,13,16-17H2,1-6H3,(H,27,30). The van der Waals surface area contributed by atoms with Crippen molar-refractivity contribution in [2.24, 2.45) is 5.92 Å². The average molecular weight is 441 g/mol. The van der Waals surface area contributed by atoms with Crippen LogP contribution in [0.25, 0.3) is 0 Å². The van der Waals surface area contributed by atoms with Crippen molar-refractivity contribution in [1.82, 2.24) is 10.2 Å². The van der Waals surface area contributed by atoms with Crippen LogP contribution in [-0.2, 0) is 22.6 Å². The van der Waals surface area contributed by atoms with Crippen molar-refractivity contribution >= 4 is 11.8 Å². The van der Waals surface area contributed by atoms with Gasteiger partial charge in [-0.05, 0) is 49.4 Å². The van der Waals surface area contributed by atoms with Gasteiger partial charge in [-0.25, -0.2) is 0 Å². The zero-order chi connectivity index (χ0) is 23.7. The number of methoxy groups -OCH3 is 2. The second-order valence-corrected chi connectivity index (χ2v) is 8.52. The first-order valence-corrected chi connectivity index (χ1v) is 11.1. The van der Waals surface area contributed by atoms with Gasteiger partial charge in [0.05, 0.1) is 14.2 Å². The van der Waals surface area contributed by atoms with Crippen LogP contribution >= 0.6 is 0 Å². The topological polar surface area (TPSA) is 67.9 Å². The zero-order valence-electron chi connectivity index (χ0n) is 20.1. The molecule has 0 aliphatic rings. The highest BCUT2D eigenvalue weighted by atomic mass is 16.5. The van der Waals surface area contributed by atoms with E-state index < -0.39 is 6.04 Å². The molecule has 0 heterocycles. The van der Waals surface area contributed by atoms with Gasteiger partial charge in [-0.2, -0.15) is 0 Å². The van der Waals surface area contributed by atoms with Crippen molar-refractivity contribution in [3.8, 4) is 11.5 Å². The third-order valence-electron chi connectivity index (χ3n) is 5.36. The number of aryl methyl sites for hydroxylation is 2. The van der Waals surface area contributed by atoms with Gasteiger partial charge in [-0.1, -0.05) is 49.7 Å². The average Bonchev–Trinajstić information content (AvgIpc) is 2.78. The van der Waals surface area contributed by atoms with Crippen molar-refractivity contribution in [3.63, 3.8) is 0 Å². The first kappa shape index (κ1) is 25.2. The van der Waals surface area contributed by atoms with E-state index in [1.807, 2.05) is 63.2 Å². The van der Waals surface area contributed by atoms with Crippen molar-refractivity contribution < 1.29 is 19.1 Å². The summed E-state index contributed by atoms with van der Waals surface area (Å²) < 4.78 is 10.6. The molecule has 0 fully saturated rings. The number of hydrogen-bond acceptors (Lipinski definition) is 4. The second kappa shape index (κ2) is 12.1. The van der Waals surface area contributed by atoms with E-state index in [1.54, 1.807) is 26.0 Å². The fourth-order valence-corrected chi connectivity index (χ4v) is 3.47. The zero-order valence-corrected chi connectivity index (χ0v) is 20.1. The fraction of sp³-hybridized carbons (Fsp3) is 0.462. The van der Waals surface area contributed by atoms with Gasteiger partial charge in [-0.3, -0.25) is 9.59 Å². The van der Waals surface area contributed by atoms with Crippen LogP contribution < -0.4 is 14.8 Å². The Balaban J connectivity index is 2.16. The van der Waals surface area contributed by atoms with Crippen LogP contribution in [-0.4, -0.2) is 43.5 Å². The van der Waals surface area contributed by atoms with Crippen LogP contribution in [0.1, 0.15) is 43.9 Å². The van der Waals surface area contributed by atoms with Crippen molar-refractivity contribution in [3.05, 3.63) is 59.2 Å². The van der Waals surface area contributed by atoms with E-state index in [0.717, 1.165) is 16.7 Å². The molecule has 1 unspecified atom stereocenters. The molecule has 0 spiro atoms. The number of carbonyl (C=O) groups excluding carboxylic acids is 2. The lowest BCUT2D eigenvalue weighted by Gasteiger charge is -2.29. The summed E-state index contributed by atoms with van der Waals surface area (Å²) in [6, 6.07) is 13.1. The van der Waals surface area contributed by atoms with Crippen molar-refractivity contribution in [2.45, 2.75) is 53.1 Å². The molecule has 2 amide bonds. The number of amides is 2. The Bertz CT molecular complexity index is 910. The minimum Gasteiger partial charge on any atom is -0.493 e. The minimum absolute atomic E-state index is 0.0616. The Morgan fingerprint density at radius 1 is 0.969 bits per heavy atom. The highest BCUT2D eigenvalue weighted by Gasteiger charge is 2.26. The van der Waals surface area contributed by atoms with E-state index in [1.165, 1.54) is 0 Å². The highest BCUT2D eigenvalue weighted by molar-refractivity contribution is 5.87. The quantitative estimate of drug-likeness (QED) is 0.570. The van der Waals surface area contributed by atoms with Crippen LogP contribution in [0.3, 0.4) is 0 Å². The summed E-state index contributed by atoms with van der Waals surface area (Å²) in [5.41, 5.74) is 3.11. The molecule has 0 saturated carbocycles. The summed E-state index contributed by atoms with van der Waals surface area (Å²) in [7, 11) is 3.18. The van der Waals surface area contributed by atoms with Crippen molar-refractivity contribution in [1.29, 1.82) is 0 Å². The molecule has 0 radical (unpaired) electrons. The normalized spacial score (nSPS) is 11.7. The molecule has 174 valence electrons. The first-order chi connectivity index (χ1) is 15.2. The molecule has 0 aliphatic carbocycles. The number of rotatable bonds is 11. The Morgan fingerprint density at radius 2 is 1.69 bits per heavy atom. The maximum Gasteiger partial charge on any atom is 0.242 e. The molecule has 0 saturated heterocycles. The summed E-state index contributed by atoms with van der Waals surface area (Å²) >= 11 is 0. The lowest BCUT2D eigenvalue weighted by atomic mass is 10.1. The van der Waals surface area contributed by atoms with Crippen molar-refractivity contribution in [2.75, 3.05) is 20.8 Å². The predicted octanol–water partition coefficient (Wildman–Crippen LogP) is 4.13. The Morgan fingerprint density at radius 3 is 2.31 bits per heavy atom. The second-order valence-electron chi connectivity index (χ2n) is 8.52. The molecule has 2 aromatic carbocycles. The fourth-order valence-electron chi connectivity index (χ4n) is 3.47. The lowest BCUT2D eigenvalue weighted by molar-refractivity contribution is -0.140. The number of benzene rings is 2. The third kappa shape index (κ3) is 7.29. The number of hydrogen-bond donors (Lipinski definition) is 1. The maximum atomic E-state index is 13.3. The SMILES string of the molecule is COc1ccc(CCC(=O)N(Cc2cccc(C)c2)C(C)C(=O)NCC(C)C)cc1OC. The van der Waals surface area contributed by atoms with Gasteiger partial charge < -0.3 is 19.7 Å². The van der Waals surface area contributed by atoms with Crippen LogP contribution in [0, 0.1) is 12.8 Å². The molecule has 0 aliphatic heterocycles. The molecular formula is C26H36N2O4. The van der Waals surface area contributed by atoms with E-state index >= 15 is 0 Å². The van der Waals surface area contributed by atoms with Gasteiger partial charge in [0, 0.05) is 19.5 Å². The summed E-state index contributed by atoms with van der Waals surface area (Å²) in [6.45, 7) is 8.88. The molecule has 6 nitrogen and oxygen atoms in total. The van der Waals surface area contributed by atoms with Gasteiger partial charge in [0.25, 0.3) is 0 Å². The first-order valence-electron chi connectivity index (χ1n) is 11.1. The van der Waals surface area contributed by atoms with E-state index in [9.17, 15) is 9.59 Å². The third-order valence-corrected chi connectivity index (χ3v) is 5.36. The lowest BCUT2D eigenvalue weighted by Crippen LogP contribution is -2.48. The molecule has 32 heavy (non-hydrogen) atoms. The molecule has 2 rings (SSSR count). The van der Waals surface area contributed by atoms with E-state index in [-0.39, 0.29) is 11.8 Å². The Hall–Kier alpha value is -3.02. The summed E-state index contributed by atoms with van der Waals surface area (Å²) in [5.74, 6) is 1.44. The van der Waals surface area contributed by atoms with Crippen LogP contribution in [0.2, 0.25) is 0 Å². The smallest absolute Gasteiger partial charge is 0.242 e. The number of nitrogens with zero attached hydrogens (tertiary/aromatic N) is 1. The number of carbonyl (C=O) groups is 2. The number of ether oxygens (including phenoxy) is 2. The Kier molecular flexibility index (Phi) is 9.57. The van der Waals surface area contributed by atoms with Crippen LogP contribution in [0.15, 0.2) is 42.5 Å². The maximum absolute atomic E-state index is 13.3. The van der Waals surface area contributed by atoms with Gasteiger partial charge in [0.15, 0.2) is 11.5 Å². The van der Waals surface area contributed by atoms with E-state index in [2.05, 4.69) is 5.32 Å². The van der Waals surface area contributed by atoms with Gasteiger partial charge in [-0.15, -0.1) is 0 Å². The van der Waals surface area contributed by atoms with E-state index in [0.29, 0.717) is 43.3 Å².